The highest BCUT2D eigenvalue weighted by molar-refractivity contribution is 4.71. The molecule has 0 bridgehead atoms. The molecule has 0 aliphatic heterocycles. The van der Waals surface area contributed by atoms with E-state index in [1.165, 1.54) is 0 Å². The monoisotopic (exact) mass is 232 g/mol. The van der Waals surface area contributed by atoms with Crippen molar-refractivity contribution in [3.05, 3.63) is 0 Å². The van der Waals surface area contributed by atoms with Crippen molar-refractivity contribution in [1.29, 1.82) is 0 Å². The van der Waals surface area contributed by atoms with Crippen molar-refractivity contribution in [3.8, 4) is 0 Å². The van der Waals surface area contributed by atoms with Gasteiger partial charge in [0.25, 0.3) is 0 Å². The average molecular weight is 232 g/mol. The van der Waals surface area contributed by atoms with Crippen LogP contribution >= 0.6 is 0 Å². The lowest BCUT2D eigenvalue weighted by atomic mass is 10.2. The van der Waals surface area contributed by atoms with Crippen LogP contribution in [0.5, 0.6) is 0 Å². The Morgan fingerprint density at radius 1 is 1.38 bits per heavy atom. The highest BCUT2D eigenvalue weighted by Gasteiger charge is 2.11. The molecule has 0 aliphatic rings. The number of ether oxygens (including phenoxy) is 1. The fourth-order valence-corrected chi connectivity index (χ4v) is 1.67. The lowest BCUT2D eigenvalue weighted by Crippen LogP contribution is -2.43. The van der Waals surface area contributed by atoms with Gasteiger partial charge in [-0.15, -0.1) is 0 Å². The van der Waals surface area contributed by atoms with Gasteiger partial charge in [-0.1, -0.05) is 13.8 Å². The fourth-order valence-electron chi connectivity index (χ4n) is 1.67. The van der Waals surface area contributed by atoms with Crippen molar-refractivity contribution in [2.24, 2.45) is 0 Å². The number of aliphatic hydroxyl groups excluding tert-OH is 1. The smallest absolute Gasteiger partial charge is 0.0589 e. The predicted octanol–water partition coefficient (Wildman–Crippen LogP) is 0.705. The summed E-state index contributed by atoms with van der Waals surface area (Å²) >= 11 is 0. The molecule has 1 atom stereocenters. The first kappa shape index (κ1) is 15.8. The zero-order valence-corrected chi connectivity index (χ0v) is 11.0. The summed E-state index contributed by atoms with van der Waals surface area (Å²) in [6.45, 7) is 9.34. The van der Waals surface area contributed by atoms with Crippen LogP contribution < -0.4 is 5.32 Å². The molecule has 0 heterocycles. The van der Waals surface area contributed by atoms with E-state index in [1.54, 1.807) is 7.11 Å². The first-order chi connectivity index (χ1) is 7.78. The predicted molar refractivity (Wildman–Crippen MR) is 67.8 cm³/mol. The summed E-state index contributed by atoms with van der Waals surface area (Å²) in [7, 11) is 1.73. The van der Waals surface area contributed by atoms with Crippen LogP contribution in [-0.2, 0) is 4.74 Å². The van der Waals surface area contributed by atoms with Gasteiger partial charge < -0.3 is 15.2 Å². The molecular weight excluding hydrogens is 204 g/mol. The molecule has 0 spiro atoms. The molecule has 2 N–H and O–H groups in total. The minimum atomic E-state index is 0.253. The topological polar surface area (TPSA) is 44.7 Å². The zero-order chi connectivity index (χ0) is 12.2. The standard InChI is InChI=1S/C12H28N2O2/c1-4-7-13-12(6-9-15)11-14(5-2)8-10-16-3/h12-13,15H,4-11H2,1-3H3. The van der Waals surface area contributed by atoms with Crippen molar-refractivity contribution in [2.75, 3.05) is 46.5 Å². The molecule has 0 saturated heterocycles. The van der Waals surface area contributed by atoms with Gasteiger partial charge in [0.05, 0.1) is 6.61 Å². The van der Waals surface area contributed by atoms with E-state index in [9.17, 15) is 0 Å². The van der Waals surface area contributed by atoms with Crippen LogP contribution in [0.1, 0.15) is 26.7 Å². The van der Waals surface area contributed by atoms with E-state index in [4.69, 9.17) is 9.84 Å². The number of aliphatic hydroxyl groups is 1. The number of rotatable bonds is 11. The minimum absolute atomic E-state index is 0.253. The first-order valence-corrected chi connectivity index (χ1v) is 6.33. The maximum atomic E-state index is 9.01. The Morgan fingerprint density at radius 2 is 2.12 bits per heavy atom. The quantitative estimate of drug-likeness (QED) is 0.550. The summed E-state index contributed by atoms with van der Waals surface area (Å²) < 4.78 is 5.09. The second kappa shape index (κ2) is 11.3. The summed E-state index contributed by atoms with van der Waals surface area (Å²) in [5.74, 6) is 0. The van der Waals surface area contributed by atoms with E-state index in [-0.39, 0.29) is 6.61 Å². The van der Waals surface area contributed by atoms with Crippen molar-refractivity contribution in [3.63, 3.8) is 0 Å². The molecule has 0 radical (unpaired) electrons. The molecule has 0 rings (SSSR count). The van der Waals surface area contributed by atoms with E-state index in [2.05, 4.69) is 24.1 Å². The van der Waals surface area contributed by atoms with Gasteiger partial charge in [0.15, 0.2) is 0 Å². The van der Waals surface area contributed by atoms with Gasteiger partial charge in [0, 0.05) is 32.8 Å². The van der Waals surface area contributed by atoms with Gasteiger partial charge in [0.1, 0.15) is 0 Å². The Bertz CT molecular complexity index is 145. The summed E-state index contributed by atoms with van der Waals surface area (Å²) in [4.78, 5) is 2.35. The third-order valence-corrected chi connectivity index (χ3v) is 2.70. The Labute approximate surface area is 100.0 Å². The molecule has 0 saturated carbocycles. The van der Waals surface area contributed by atoms with E-state index < -0.39 is 0 Å². The van der Waals surface area contributed by atoms with Gasteiger partial charge in [0.2, 0.25) is 0 Å². The van der Waals surface area contributed by atoms with Crippen molar-refractivity contribution in [1.82, 2.24) is 10.2 Å². The number of methoxy groups -OCH3 is 1. The second-order valence-electron chi connectivity index (χ2n) is 4.05. The van der Waals surface area contributed by atoms with Crippen LogP contribution in [0.3, 0.4) is 0 Å². The summed E-state index contributed by atoms with van der Waals surface area (Å²) in [6.07, 6.45) is 1.95. The normalized spacial score (nSPS) is 13.3. The molecule has 0 amide bonds. The van der Waals surface area contributed by atoms with Crippen molar-refractivity contribution in [2.45, 2.75) is 32.7 Å². The maximum absolute atomic E-state index is 9.01. The zero-order valence-electron chi connectivity index (χ0n) is 11.0. The highest BCUT2D eigenvalue weighted by Crippen LogP contribution is 1.97. The third-order valence-electron chi connectivity index (χ3n) is 2.70. The van der Waals surface area contributed by atoms with Gasteiger partial charge in [-0.2, -0.15) is 0 Å². The molecule has 0 aromatic carbocycles. The largest absolute Gasteiger partial charge is 0.396 e. The van der Waals surface area contributed by atoms with Crippen LogP contribution in [0.25, 0.3) is 0 Å². The number of hydrogen-bond donors (Lipinski definition) is 2. The third kappa shape index (κ3) is 8.05. The van der Waals surface area contributed by atoms with Gasteiger partial charge in [-0.3, -0.25) is 4.90 Å². The van der Waals surface area contributed by atoms with E-state index in [0.29, 0.717) is 6.04 Å². The SMILES string of the molecule is CCCNC(CCO)CN(CC)CCOC. The van der Waals surface area contributed by atoms with Crippen LogP contribution in [0.2, 0.25) is 0 Å². The maximum Gasteiger partial charge on any atom is 0.0589 e. The summed E-state index contributed by atoms with van der Waals surface area (Å²) in [6, 6.07) is 0.391. The molecule has 4 heteroatoms. The molecule has 0 fully saturated rings. The molecule has 4 nitrogen and oxygen atoms in total. The molecule has 1 unspecified atom stereocenters. The average Bonchev–Trinajstić information content (AvgIpc) is 2.31. The minimum Gasteiger partial charge on any atom is -0.396 e. The Balaban J connectivity index is 3.90. The van der Waals surface area contributed by atoms with Crippen molar-refractivity contribution >= 4 is 0 Å². The highest BCUT2D eigenvalue weighted by atomic mass is 16.5. The molecule has 0 aromatic heterocycles. The molecule has 0 aromatic rings. The van der Waals surface area contributed by atoms with Gasteiger partial charge >= 0.3 is 0 Å². The van der Waals surface area contributed by atoms with Crippen molar-refractivity contribution < 1.29 is 9.84 Å². The number of likely N-dealkylation sites (N-methyl/N-ethyl adjacent to an activating group) is 1. The van der Waals surface area contributed by atoms with Gasteiger partial charge in [-0.25, -0.2) is 0 Å². The Kier molecular flexibility index (Phi) is 11.2. The first-order valence-electron chi connectivity index (χ1n) is 6.33. The lowest BCUT2D eigenvalue weighted by Gasteiger charge is -2.26. The molecular formula is C12H28N2O2. The molecule has 0 aliphatic carbocycles. The van der Waals surface area contributed by atoms with Gasteiger partial charge in [-0.05, 0) is 25.9 Å². The number of hydrogen-bond acceptors (Lipinski definition) is 4. The second-order valence-corrected chi connectivity index (χ2v) is 4.05. The summed E-state index contributed by atoms with van der Waals surface area (Å²) in [5.41, 5.74) is 0. The van der Waals surface area contributed by atoms with Crippen LogP contribution in [-0.4, -0.2) is 62.6 Å². The van der Waals surface area contributed by atoms with Crippen LogP contribution in [0.15, 0.2) is 0 Å². The fraction of sp³-hybridized carbons (Fsp3) is 1.00. The number of nitrogens with zero attached hydrogens (tertiary/aromatic N) is 1. The van der Waals surface area contributed by atoms with Crippen LogP contribution in [0, 0.1) is 0 Å². The van der Waals surface area contributed by atoms with Crippen LogP contribution in [0.4, 0.5) is 0 Å². The molecule has 98 valence electrons. The van der Waals surface area contributed by atoms with E-state index in [0.717, 1.165) is 45.6 Å². The lowest BCUT2D eigenvalue weighted by molar-refractivity contribution is 0.139. The Hall–Kier alpha value is -0.160. The molecule has 16 heavy (non-hydrogen) atoms. The Morgan fingerprint density at radius 3 is 2.62 bits per heavy atom. The summed E-state index contributed by atoms with van der Waals surface area (Å²) in [5, 5.41) is 12.5. The number of nitrogens with one attached hydrogen (secondary N) is 1. The van der Waals surface area contributed by atoms with E-state index in [1.807, 2.05) is 0 Å². The van der Waals surface area contributed by atoms with E-state index >= 15 is 0 Å².